The third kappa shape index (κ3) is 6.96. The fourth-order valence-corrected chi connectivity index (χ4v) is 3.30. The lowest BCUT2D eigenvalue weighted by atomic mass is 9.99. The van der Waals surface area contributed by atoms with Crippen LogP contribution in [0, 0.1) is 0 Å². The fraction of sp³-hybridized carbons (Fsp3) is 0.600. The summed E-state index contributed by atoms with van der Waals surface area (Å²) in [6.07, 6.45) is -4.83. The number of benzene rings is 1. The van der Waals surface area contributed by atoms with E-state index >= 15 is 0 Å². The number of ether oxygens (including phenoxy) is 1. The fourth-order valence-electron chi connectivity index (χ4n) is 2.74. The maximum absolute atomic E-state index is 12.6. The Morgan fingerprint density at radius 2 is 1.88 bits per heavy atom. The molecule has 1 heterocycles. The number of halogens is 6. The zero-order valence-corrected chi connectivity index (χ0v) is 16.5. The number of hydrogen-bond acceptors (Lipinski definition) is 3. The van der Waals surface area contributed by atoms with Crippen molar-refractivity contribution in [3.63, 3.8) is 0 Å². The molecule has 0 aromatic heterocycles. The first-order chi connectivity index (χ1) is 10.4. The van der Waals surface area contributed by atoms with Gasteiger partial charge in [0.05, 0.1) is 11.6 Å². The zero-order chi connectivity index (χ0) is 16.2. The number of alkyl halides is 3. The molecule has 1 fully saturated rings. The minimum Gasteiger partial charge on any atom is -0.496 e. The van der Waals surface area contributed by atoms with Crippen LogP contribution in [0.3, 0.4) is 0 Å². The predicted molar refractivity (Wildman–Crippen MR) is 97.7 cm³/mol. The van der Waals surface area contributed by atoms with Crippen molar-refractivity contribution in [1.82, 2.24) is 10.2 Å². The van der Waals surface area contributed by atoms with E-state index in [4.69, 9.17) is 4.74 Å². The molecule has 9 heteroatoms. The number of hydrogen-bond donors (Lipinski definition) is 1. The van der Waals surface area contributed by atoms with E-state index in [1.807, 2.05) is 12.1 Å². The van der Waals surface area contributed by atoms with Crippen molar-refractivity contribution in [3.8, 4) is 5.75 Å². The molecule has 0 radical (unpaired) electrons. The highest BCUT2D eigenvalue weighted by Crippen LogP contribution is 2.35. The van der Waals surface area contributed by atoms with Gasteiger partial charge in [-0.05, 0) is 40.0 Å². The molecule has 1 aliphatic heterocycles. The summed E-state index contributed by atoms with van der Waals surface area (Å²) in [6, 6.07) is 5.28. The van der Waals surface area contributed by atoms with Crippen LogP contribution in [0.25, 0.3) is 0 Å². The first-order valence-corrected chi connectivity index (χ1v) is 8.05. The molecule has 0 amide bonds. The van der Waals surface area contributed by atoms with Crippen LogP contribution >= 0.6 is 40.7 Å². The molecule has 2 rings (SSSR count). The van der Waals surface area contributed by atoms with Gasteiger partial charge in [0.1, 0.15) is 5.75 Å². The minimum absolute atomic E-state index is 0. The van der Waals surface area contributed by atoms with E-state index in [2.05, 4.69) is 26.1 Å². The van der Waals surface area contributed by atoms with Gasteiger partial charge in [0.25, 0.3) is 0 Å². The van der Waals surface area contributed by atoms with Crippen molar-refractivity contribution in [2.75, 3.05) is 33.3 Å². The highest BCUT2D eigenvalue weighted by Gasteiger charge is 2.31. The number of nitrogens with zero attached hydrogens (tertiary/aromatic N) is 1. The monoisotopic (exact) mass is 452 g/mol. The normalized spacial score (nSPS) is 16.7. The van der Waals surface area contributed by atoms with Crippen molar-refractivity contribution < 1.29 is 17.9 Å². The Labute approximate surface area is 161 Å². The summed E-state index contributed by atoms with van der Waals surface area (Å²) in [5, 5.41) is 3.23. The molecule has 0 aliphatic carbocycles. The molecule has 0 bridgehead atoms. The lowest BCUT2D eigenvalue weighted by molar-refractivity contribution is -0.138. The molecule has 0 unspecified atom stereocenters. The smallest absolute Gasteiger partial charge is 0.389 e. The Bertz CT molecular complexity index is 500. The van der Waals surface area contributed by atoms with Crippen LogP contribution in [0.4, 0.5) is 13.2 Å². The second kappa shape index (κ2) is 10.7. The second-order valence-corrected chi connectivity index (χ2v) is 6.20. The molecular weight excluding hydrogens is 432 g/mol. The van der Waals surface area contributed by atoms with Gasteiger partial charge in [-0.25, -0.2) is 0 Å². The lowest BCUT2D eigenvalue weighted by Crippen LogP contribution is -2.45. The average Bonchev–Trinajstić information content (AvgIpc) is 2.47. The quantitative estimate of drug-likeness (QED) is 0.705. The molecule has 0 saturated carbocycles. The third-order valence-electron chi connectivity index (χ3n) is 3.85. The number of nitrogens with one attached hydrogen (secondary N) is 1. The van der Waals surface area contributed by atoms with Gasteiger partial charge in [0.15, 0.2) is 0 Å². The molecule has 24 heavy (non-hydrogen) atoms. The highest BCUT2D eigenvalue weighted by molar-refractivity contribution is 9.10. The van der Waals surface area contributed by atoms with E-state index in [1.165, 1.54) is 0 Å². The topological polar surface area (TPSA) is 24.5 Å². The van der Waals surface area contributed by atoms with E-state index in [0.717, 1.165) is 36.2 Å². The van der Waals surface area contributed by atoms with Crippen LogP contribution in [-0.4, -0.2) is 44.4 Å². The Balaban J connectivity index is 0.00000264. The molecule has 1 N–H and O–H groups in total. The van der Waals surface area contributed by atoms with Gasteiger partial charge in [-0.3, -0.25) is 4.90 Å². The molecule has 1 aromatic rings. The Morgan fingerprint density at radius 1 is 1.25 bits per heavy atom. The van der Waals surface area contributed by atoms with Crippen LogP contribution < -0.4 is 10.1 Å². The maximum atomic E-state index is 12.6. The van der Waals surface area contributed by atoms with Crippen LogP contribution in [0.2, 0.25) is 0 Å². The van der Waals surface area contributed by atoms with Crippen molar-refractivity contribution in [1.29, 1.82) is 0 Å². The van der Waals surface area contributed by atoms with Gasteiger partial charge in [0.2, 0.25) is 0 Å². The summed E-state index contributed by atoms with van der Waals surface area (Å²) in [6.45, 7) is 3.12. The van der Waals surface area contributed by atoms with Gasteiger partial charge in [0, 0.05) is 38.6 Å². The van der Waals surface area contributed by atoms with E-state index < -0.39 is 12.6 Å². The van der Waals surface area contributed by atoms with E-state index in [9.17, 15) is 13.2 Å². The molecule has 0 spiro atoms. The van der Waals surface area contributed by atoms with Gasteiger partial charge in [-0.1, -0.05) is 6.07 Å². The summed E-state index contributed by atoms with van der Waals surface area (Å²) in [5.41, 5.74) is 0.888. The summed E-state index contributed by atoms with van der Waals surface area (Å²) < 4.78 is 43.9. The summed E-state index contributed by atoms with van der Waals surface area (Å²) in [4.78, 5) is 2.12. The average molecular weight is 454 g/mol. The van der Waals surface area contributed by atoms with Crippen LogP contribution in [0.15, 0.2) is 22.7 Å². The molecule has 1 atom stereocenters. The molecule has 140 valence electrons. The maximum Gasteiger partial charge on any atom is 0.389 e. The van der Waals surface area contributed by atoms with Crippen LogP contribution in [-0.2, 0) is 0 Å². The summed E-state index contributed by atoms with van der Waals surface area (Å²) in [5.74, 6) is 0.679. The third-order valence-corrected chi connectivity index (χ3v) is 4.47. The van der Waals surface area contributed by atoms with Crippen molar-refractivity contribution in [2.24, 2.45) is 0 Å². The van der Waals surface area contributed by atoms with Crippen LogP contribution in [0.1, 0.15) is 24.4 Å². The molecule has 1 aromatic carbocycles. The van der Waals surface area contributed by atoms with Crippen LogP contribution in [0.5, 0.6) is 5.75 Å². The van der Waals surface area contributed by atoms with E-state index in [-0.39, 0.29) is 37.3 Å². The Morgan fingerprint density at radius 3 is 2.38 bits per heavy atom. The van der Waals surface area contributed by atoms with Gasteiger partial charge in [-0.15, -0.1) is 24.8 Å². The van der Waals surface area contributed by atoms with Gasteiger partial charge in [-0.2, -0.15) is 13.2 Å². The standard InChI is InChI=1S/C15H20BrF3N2O.2ClH/c1-22-14-3-2-11(10-12(14)16)13(4-5-15(17,18)19)21-8-6-20-7-9-21;;/h2-3,10,13,20H,4-9H2,1H3;2*1H/t13-;;/m1../s1. The molecular formula is C15H22BrCl2F3N2O. The number of rotatable bonds is 5. The van der Waals surface area contributed by atoms with Crippen molar-refractivity contribution in [3.05, 3.63) is 28.2 Å². The second-order valence-electron chi connectivity index (χ2n) is 5.35. The predicted octanol–water partition coefficient (Wildman–Crippen LogP) is 4.59. The summed E-state index contributed by atoms with van der Waals surface area (Å²) in [7, 11) is 1.57. The van der Waals surface area contributed by atoms with E-state index in [0.29, 0.717) is 5.75 Å². The summed E-state index contributed by atoms with van der Waals surface area (Å²) >= 11 is 3.41. The van der Waals surface area contributed by atoms with Gasteiger partial charge >= 0.3 is 6.18 Å². The molecule has 1 saturated heterocycles. The Hall–Kier alpha value is -0.210. The SMILES string of the molecule is COc1ccc([C@@H](CCC(F)(F)F)N2CCNCC2)cc1Br.Cl.Cl. The minimum atomic E-state index is -4.13. The first-order valence-electron chi connectivity index (χ1n) is 7.25. The zero-order valence-electron chi connectivity index (χ0n) is 13.2. The largest absolute Gasteiger partial charge is 0.496 e. The number of piperazine rings is 1. The first kappa shape index (κ1) is 23.8. The van der Waals surface area contributed by atoms with Crippen molar-refractivity contribution >= 4 is 40.7 Å². The number of methoxy groups -OCH3 is 1. The Kier molecular flexibility index (Phi) is 10.6. The molecule has 1 aliphatic rings. The van der Waals surface area contributed by atoms with E-state index in [1.54, 1.807) is 13.2 Å². The molecule has 3 nitrogen and oxygen atoms in total. The van der Waals surface area contributed by atoms with Crippen molar-refractivity contribution in [2.45, 2.75) is 25.1 Å². The van der Waals surface area contributed by atoms with Gasteiger partial charge < -0.3 is 10.1 Å². The lowest BCUT2D eigenvalue weighted by Gasteiger charge is -2.35. The highest BCUT2D eigenvalue weighted by atomic mass is 79.9.